The van der Waals surface area contributed by atoms with Gasteiger partial charge in [-0.2, -0.15) is 11.3 Å². The van der Waals surface area contributed by atoms with E-state index in [1.165, 1.54) is 0 Å². The number of halogens is 1. The van der Waals surface area contributed by atoms with E-state index in [1.54, 1.807) is 29.7 Å². The minimum atomic E-state index is -0.230. The van der Waals surface area contributed by atoms with E-state index in [-0.39, 0.29) is 6.03 Å². The molecule has 0 aliphatic carbocycles. The van der Waals surface area contributed by atoms with Crippen molar-refractivity contribution in [1.29, 1.82) is 0 Å². The fraction of sp³-hybridized carbons (Fsp3) is 0.231. The molecule has 2 heterocycles. The molecule has 2 amide bonds. The Hall–Kier alpha value is -1.79. The van der Waals surface area contributed by atoms with Gasteiger partial charge < -0.3 is 15.4 Å². The summed E-state index contributed by atoms with van der Waals surface area (Å²) >= 11 is 7.49. The summed E-state index contributed by atoms with van der Waals surface area (Å²) in [6.45, 7) is 1.20. The summed E-state index contributed by atoms with van der Waals surface area (Å²) in [4.78, 5) is 15.5. The monoisotopic (exact) mass is 311 g/mol. The summed E-state index contributed by atoms with van der Waals surface area (Å²) in [5.41, 5.74) is 1.08. The molecule has 0 saturated carbocycles. The Bertz CT molecular complexity index is 548. The molecule has 0 bridgehead atoms. The number of pyridine rings is 1. The zero-order valence-electron chi connectivity index (χ0n) is 10.6. The van der Waals surface area contributed by atoms with Crippen LogP contribution in [0.1, 0.15) is 5.56 Å². The van der Waals surface area contributed by atoms with E-state index in [0.29, 0.717) is 30.6 Å². The number of nitrogens with one attached hydrogen (secondary N) is 2. The number of rotatable bonds is 6. The van der Waals surface area contributed by atoms with Crippen LogP contribution in [0.25, 0.3) is 0 Å². The zero-order chi connectivity index (χ0) is 14.2. The lowest BCUT2D eigenvalue weighted by Crippen LogP contribution is -2.37. The second-order valence-electron chi connectivity index (χ2n) is 3.88. The van der Waals surface area contributed by atoms with Crippen LogP contribution >= 0.6 is 22.9 Å². The van der Waals surface area contributed by atoms with Gasteiger partial charge in [0.25, 0.3) is 0 Å². The third kappa shape index (κ3) is 4.71. The van der Waals surface area contributed by atoms with Crippen LogP contribution in [0, 0.1) is 0 Å². The smallest absolute Gasteiger partial charge is 0.315 e. The summed E-state index contributed by atoms with van der Waals surface area (Å²) in [6, 6.07) is 5.17. The van der Waals surface area contributed by atoms with E-state index < -0.39 is 0 Å². The molecule has 2 aromatic rings. The van der Waals surface area contributed by atoms with E-state index in [9.17, 15) is 4.79 Å². The minimum absolute atomic E-state index is 0.230. The second-order valence-corrected chi connectivity index (χ2v) is 5.07. The van der Waals surface area contributed by atoms with E-state index in [0.717, 1.165) is 5.56 Å². The van der Waals surface area contributed by atoms with Gasteiger partial charge in [0.1, 0.15) is 11.6 Å². The highest BCUT2D eigenvalue weighted by molar-refractivity contribution is 7.07. The van der Waals surface area contributed by atoms with Gasteiger partial charge in [-0.05, 0) is 34.5 Å². The number of hydrogen-bond donors (Lipinski definition) is 2. The quantitative estimate of drug-likeness (QED) is 0.806. The van der Waals surface area contributed by atoms with Crippen LogP contribution in [-0.4, -0.2) is 24.2 Å². The molecule has 0 aliphatic heterocycles. The van der Waals surface area contributed by atoms with Gasteiger partial charge in [-0.25, -0.2) is 9.78 Å². The maximum Gasteiger partial charge on any atom is 0.315 e. The number of carbonyl (C=O) groups is 1. The Morgan fingerprint density at radius 3 is 3.05 bits per heavy atom. The molecule has 20 heavy (non-hydrogen) atoms. The predicted molar refractivity (Wildman–Crippen MR) is 79.3 cm³/mol. The largest absolute Gasteiger partial charge is 0.475 e. The van der Waals surface area contributed by atoms with Crippen molar-refractivity contribution in [3.8, 4) is 5.88 Å². The first-order valence-corrected chi connectivity index (χ1v) is 7.34. The molecule has 0 aromatic carbocycles. The summed E-state index contributed by atoms with van der Waals surface area (Å²) in [5, 5.41) is 9.86. The molecule has 0 spiro atoms. The van der Waals surface area contributed by atoms with Crippen LogP contribution < -0.4 is 15.4 Å². The molecular weight excluding hydrogens is 298 g/mol. The summed E-state index contributed by atoms with van der Waals surface area (Å²) in [5.74, 6) is 0.370. The standard InChI is InChI=1S/C13H14ClN3O2S/c14-11-2-1-4-15-12(11)19-6-5-16-13(18)17-8-10-3-7-20-9-10/h1-4,7,9H,5-6,8H2,(H2,16,17,18). The predicted octanol–water partition coefficient (Wildman–Crippen LogP) is 2.67. The van der Waals surface area contributed by atoms with Crippen molar-refractivity contribution in [2.75, 3.05) is 13.2 Å². The lowest BCUT2D eigenvalue weighted by atomic mass is 10.3. The van der Waals surface area contributed by atoms with Crippen molar-refractivity contribution in [2.24, 2.45) is 0 Å². The fourth-order valence-electron chi connectivity index (χ4n) is 1.43. The van der Waals surface area contributed by atoms with Crippen LogP contribution in [0.4, 0.5) is 4.79 Å². The first-order chi connectivity index (χ1) is 9.75. The molecule has 0 unspecified atom stereocenters. The van der Waals surface area contributed by atoms with Crippen LogP contribution in [0.15, 0.2) is 35.2 Å². The second kappa shape index (κ2) is 7.72. The van der Waals surface area contributed by atoms with E-state index in [2.05, 4.69) is 15.6 Å². The summed E-state index contributed by atoms with van der Waals surface area (Å²) < 4.78 is 5.35. The van der Waals surface area contributed by atoms with Gasteiger partial charge in [0, 0.05) is 12.7 Å². The number of hydrogen-bond acceptors (Lipinski definition) is 4. The van der Waals surface area contributed by atoms with Crippen molar-refractivity contribution < 1.29 is 9.53 Å². The number of nitrogens with zero attached hydrogens (tertiary/aromatic N) is 1. The lowest BCUT2D eigenvalue weighted by molar-refractivity contribution is 0.235. The first kappa shape index (κ1) is 14.6. The van der Waals surface area contributed by atoms with Gasteiger partial charge in [-0.1, -0.05) is 11.6 Å². The third-order valence-electron chi connectivity index (χ3n) is 2.38. The molecule has 2 aromatic heterocycles. The van der Waals surface area contributed by atoms with Gasteiger partial charge in [-0.3, -0.25) is 0 Å². The maximum absolute atomic E-state index is 11.5. The van der Waals surface area contributed by atoms with Gasteiger partial charge in [0.05, 0.1) is 6.54 Å². The van der Waals surface area contributed by atoms with Crippen molar-refractivity contribution >= 4 is 29.0 Å². The Labute approximate surface area is 125 Å². The number of thiophene rings is 1. The molecule has 0 radical (unpaired) electrons. The fourth-order valence-corrected chi connectivity index (χ4v) is 2.27. The number of urea groups is 1. The Kier molecular flexibility index (Phi) is 5.64. The number of ether oxygens (including phenoxy) is 1. The van der Waals surface area contributed by atoms with Crippen LogP contribution in [0.2, 0.25) is 5.02 Å². The number of carbonyl (C=O) groups excluding carboxylic acids is 1. The van der Waals surface area contributed by atoms with E-state index in [1.807, 2.05) is 16.8 Å². The molecule has 2 N–H and O–H groups in total. The third-order valence-corrected chi connectivity index (χ3v) is 3.40. The SMILES string of the molecule is O=C(NCCOc1ncccc1Cl)NCc1ccsc1. The number of aromatic nitrogens is 1. The molecule has 0 fully saturated rings. The van der Waals surface area contributed by atoms with Crippen molar-refractivity contribution in [2.45, 2.75) is 6.54 Å². The molecule has 2 rings (SSSR count). The summed E-state index contributed by atoms with van der Waals surface area (Å²) in [6.07, 6.45) is 1.60. The Morgan fingerprint density at radius 1 is 1.40 bits per heavy atom. The first-order valence-electron chi connectivity index (χ1n) is 6.02. The molecule has 7 heteroatoms. The van der Waals surface area contributed by atoms with Crippen molar-refractivity contribution in [3.05, 3.63) is 45.7 Å². The maximum atomic E-state index is 11.5. The van der Waals surface area contributed by atoms with Gasteiger partial charge in [0.2, 0.25) is 5.88 Å². The highest BCUT2D eigenvalue weighted by Gasteiger charge is 2.03. The molecule has 0 saturated heterocycles. The van der Waals surface area contributed by atoms with E-state index >= 15 is 0 Å². The van der Waals surface area contributed by atoms with Crippen LogP contribution in [0.5, 0.6) is 5.88 Å². The van der Waals surface area contributed by atoms with Crippen LogP contribution in [0.3, 0.4) is 0 Å². The van der Waals surface area contributed by atoms with Crippen molar-refractivity contribution in [1.82, 2.24) is 15.6 Å². The average Bonchev–Trinajstić information content (AvgIpc) is 2.96. The molecule has 0 atom stereocenters. The molecular formula is C13H14ClN3O2S. The van der Waals surface area contributed by atoms with E-state index in [4.69, 9.17) is 16.3 Å². The average molecular weight is 312 g/mol. The van der Waals surface area contributed by atoms with Crippen molar-refractivity contribution in [3.63, 3.8) is 0 Å². The summed E-state index contributed by atoms with van der Waals surface area (Å²) in [7, 11) is 0. The highest BCUT2D eigenvalue weighted by Crippen LogP contribution is 2.19. The number of amides is 2. The van der Waals surface area contributed by atoms with Gasteiger partial charge >= 0.3 is 6.03 Å². The molecule has 5 nitrogen and oxygen atoms in total. The molecule has 106 valence electrons. The highest BCUT2D eigenvalue weighted by atomic mass is 35.5. The topological polar surface area (TPSA) is 63.2 Å². The Balaban J connectivity index is 1.61. The van der Waals surface area contributed by atoms with Gasteiger partial charge in [-0.15, -0.1) is 0 Å². The lowest BCUT2D eigenvalue weighted by Gasteiger charge is -2.08. The Morgan fingerprint density at radius 2 is 2.30 bits per heavy atom. The van der Waals surface area contributed by atoms with Gasteiger partial charge in [0.15, 0.2) is 0 Å². The molecule has 0 aliphatic rings. The normalized spacial score (nSPS) is 10.1. The zero-order valence-corrected chi connectivity index (χ0v) is 12.2. The minimum Gasteiger partial charge on any atom is -0.475 e. The van der Waals surface area contributed by atoms with Crippen LogP contribution in [-0.2, 0) is 6.54 Å².